The molecule has 4 heterocycles. The number of rotatable bonds is 7. The lowest BCUT2D eigenvalue weighted by Gasteiger charge is -2.20. The second-order valence-corrected chi connectivity index (χ2v) is 10.7. The molecule has 5 aromatic rings. The maximum atomic E-state index is 14.3. The van der Waals surface area contributed by atoms with Crippen molar-refractivity contribution in [3.05, 3.63) is 88.4 Å². The van der Waals surface area contributed by atoms with E-state index in [9.17, 15) is 4.39 Å². The summed E-state index contributed by atoms with van der Waals surface area (Å²) in [6.45, 7) is 3.87. The molecular weight excluding hydrogens is 503 g/mol. The Labute approximate surface area is 223 Å². The fraction of sp³-hybridized carbons (Fsp3) is 0.241. The maximum Gasteiger partial charge on any atom is 0.150 e. The van der Waals surface area contributed by atoms with Crippen LogP contribution in [-0.2, 0) is 11.3 Å². The number of aromatic nitrogens is 3. The minimum atomic E-state index is -0.426. The summed E-state index contributed by atoms with van der Waals surface area (Å²) in [6.07, 6.45) is 5.44. The van der Waals surface area contributed by atoms with Crippen molar-refractivity contribution < 1.29 is 18.6 Å². The number of hydrogen-bond donors (Lipinski definition) is 1. The van der Waals surface area contributed by atoms with Crippen molar-refractivity contribution in [3.8, 4) is 28.5 Å². The van der Waals surface area contributed by atoms with Crippen molar-refractivity contribution in [2.75, 3.05) is 18.9 Å². The molecule has 1 fully saturated rings. The Morgan fingerprint density at radius 1 is 1.05 bits per heavy atom. The summed E-state index contributed by atoms with van der Waals surface area (Å²) in [4.78, 5) is 11.6. The summed E-state index contributed by atoms with van der Waals surface area (Å²) in [5, 5.41) is 0. The van der Waals surface area contributed by atoms with Crippen LogP contribution < -0.4 is 15.2 Å². The highest BCUT2D eigenvalue weighted by atomic mass is 32.1. The number of halogens is 1. The molecule has 0 radical (unpaired) electrons. The van der Waals surface area contributed by atoms with E-state index in [1.807, 2.05) is 53.9 Å². The second-order valence-electron chi connectivity index (χ2n) is 9.29. The third-order valence-electron chi connectivity index (χ3n) is 6.58. The lowest BCUT2D eigenvalue weighted by atomic mass is 10.00. The second kappa shape index (κ2) is 10.4. The highest BCUT2D eigenvalue weighted by molar-refractivity contribution is 7.11. The lowest BCUT2D eigenvalue weighted by molar-refractivity contribution is 0.0835. The Bertz CT molecular complexity index is 1580. The van der Waals surface area contributed by atoms with Gasteiger partial charge in [-0.25, -0.2) is 14.4 Å². The Kier molecular flexibility index (Phi) is 6.70. The molecule has 0 saturated carbocycles. The molecule has 0 amide bonds. The Hall–Kier alpha value is -3.95. The van der Waals surface area contributed by atoms with Crippen molar-refractivity contribution >= 4 is 22.7 Å². The van der Waals surface area contributed by atoms with Crippen LogP contribution in [0.25, 0.3) is 16.8 Å². The molecule has 9 heteroatoms. The van der Waals surface area contributed by atoms with Gasteiger partial charge in [-0.05, 0) is 56.2 Å². The van der Waals surface area contributed by atoms with Crippen LogP contribution in [0.15, 0.2) is 67.0 Å². The molecule has 194 valence electrons. The first-order chi connectivity index (χ1) is 18.5. The average molecular weight is 531 g/mol. The molecule has 0 atom stereocenters. The minimum Gasteiger partial charge on any atom is -0.488 e. The van der Waals surface area contributed by atoms with Crippen molar-refractivity contribution in [3.63, 3.8) is 0 Å². The molecule has 2 N–H and O–H groups in total. The number of aryl methyl sites for hydroxylation is 1. The van der Waals surface area contributed by atoms with Crippen LogP contribution in [0, 0.1) is 12.7 Å². The zero-order chi connectivity index (χ0) is 26.1. The third-order valence-corrected chi connectivity index (χ3v) is 7.56. The number of nitrogens with two attached hydrogens (primary N) is 1. The number of imidazole rings is 1. The van der Waals surface area contributed by atoms with Gasteiger partial charge in [0.1, 0.15) is 52.5 Å². The Balaban J connectivity index is 1.23. The number of nitrogens with zero attached hydrogens (tertiary/aromatic N) is 3. The van der Waals surface area contributed by atoms with Crippen molar-refractivity contribution in [1.29, 1.82) is 0 Å². The van der Waals surface area contributed by atoms with E-state index in [0.29, 0.717) is 35.6 Å². The van der Waals surface area contributed by atoms with Crippen molar-refractivity contribution in [1.82, 2.24) is 14.4 Å². The molecule has 0 aliphatic carbocycles. The number of thiophene rings is 1. The van der Waals surface area contributed by atoms with Gasteiger partial charge in [-0.3, -0.25) is 4.40 Å². The molecule has 3 aromatic heterocycles. The normalized spacial score (nSPS) is 14.2. The zero-order valence-electron chi connectivity index (χ0n) is 20.9. The summed E-state index contributed by atoms with van der Waals surface area (Å²) < 4.78 is 33.6. The van der Waals surface area contributed by atoms with E-state index < -0.39 is 5.82 Å². The monoisotopic (exact) mass is 530 g/mol. The summed E-state index contributed by atoms with van der Waals surface area (Å²) in [5.41, 5.74) is 8.74. The van der Waals surface area contributed by atoms with Gasteiger partial charge in [-0.2, -0.15) is 0 Å². The average Bonchev–Trinajstić information content (AvgIpc) is 3.52. The fourth-order valence-corrected chi connectivity index (χ4v) is 5.55. The van der Waals surface area contributed by atoms with Crippen LogP contribution in [0.1, 0.15) is 34.3 Å². The van der Waals surface area contributed by atoms with Crippen molar-refractivity contribution in [2.24, 2.45) is 0 Å². The number of ether oxygens (including phenoxy) is 3. The van der Waals surface area contributed by atoms with Gasteiger partial charge in [0.05, 0.1) is 0 Å². The summed E-state index contributed by atoms with van der Waals surface area (Å²) in [7, 11) is 0. The standard InChI is InChI=1S/C29H27FN4O3S/c1-18-2-7-25(38-18)17-36-23-14-21(30)15-24(16-23)37-22-5-3-19(4-6-22)26-27-28(31)32-10-11-34(27)29(33-26)20-8-12-35-13-9-20/h2-7,10-11,14-16,20H,8-9,12-13,17H2,1H3,(H2,31,32). The first-order valence-electron chi connectivity index (χ1n) is 12.5. The molecule has 0 bridgehead atoms. The topological polar surface area (TPSA) is 83.9 Å². The van der Waals surface area contributed by atoms with Gasteiger partial charge in [0.15, 0.2) is 0 Å². The summed E-state index contributed by atoms with van der Waals surface area (Å²) >= 11 is 1.65. The highest BCUT2D eigenvalue weighted by Crippen LogP contribution is 2.35. The minimum absolute atomic E-state index is 0.294. The predicted octanol–water partition coefficient (Wildman–Crippen LogP) is 6.75. The van der Waals surface area contributed by atoms with Gasteiger partial charge in [0, 0.05) is 65.0 Å². The van der Waals surface area contributed by atoms with Gasteiger partial charge in [0.25, 0.3) is 0 Å². The van der Waals surface area contributed by atoms with Crippen LogP contribution in [0.2, 0.25) is 0 Å². The quantitative estimate of drug-likeness (QED) is 0.251. The largest absolute Gasteiger partial charge is 0.488 e. The number of benzene rings is 2. The summed E-state index contributed by atoms with van der Waals surface area (Å²) in [6, 6.07) is 15.9. The van der Waals surface area contributed by atoms with Gasteiger partial charge < -0.3 is 19.9 Å². The van der Waals surface area contributed by atoms with Crippen LogP contribution in [-0.4, -0.2) is 27.6 Å². The molecule has 6 rings (SSSR count). The van der Waals surface area contributed by atoms with E-state index in [-0.39, 0.29) is 0 Å². The Morgan fingerprint density at radius 2 is 1.84 bits per heavy atom. The van der Waals surface area contributed by atoms with Crippen LogP contribution in [0.5, 0.6) is 17.2 Å². The molecule has 7 nitrogen and oxygen atoms in total. The van der Waals surface area contributed by atoms with E-state index >= 15 is 0 Å². The number of hydrogen-bond acceptors (Lipinski definition) is 7. The zero-order valence-corrected chi connectivity index (χ0v) is 21.7. The Morgan fingerprint density at radius 3 is 2.61 bits per heavy atom. The molecule has 0 spiro atoms. The first kappa shape index (κ1) is 24.4. The van der Waals surface area contributed by atoms with E-state index in [4.69, 9.17) is 24.9 Å². The predicted molar refractivity (Wildman–Crippen MR) is 145 cm³/mol. The molecule has 1 saturated heterocycles. The van der Waals surface area contributed by atoms with Gasteiger partial charge in [-0.15, -0.1) is 11.3 Å². The van der Waals surface area contributed by atoms with E-state index in [0.717, 1.165) is 53.5 Å². The van der Waals surface area contributed by atoms with Crippen molar-refractivity contribution in [2.45, 2.75) is 32.3 Å². The molecule has 1 aliphatic heterocycles. The van der Waals surface area contributed by atoms with Gasteiger partial charge in [0.2, 0.25) is 0 Å². The van der Waals surface area contributed by atoms with Gasteiger partial charge >= 0.3 is 0 Å². The first-order valence-corrected chi connectivity index (χ1v) is 13.3. The summed E-state index contributed by atoms with van der Waals surface area (Å²) in [5.74, 6) is 2.61. The smallest absolute Gasteiger partial charge is 0.150 e. The SMILES string of the molecule is Cc1ccc(COc2cc(F)cc(Oc3ccc(-c4nc(C5CCOCC5)n5ccnc(N)c45)cc3)c2)s1. The van der Waals surface area contributed by atoms with Crippen LogP contribution >= 0.6 is 11.3 Å². The molecule has 1 aliphatic rings. The molecule has 0 unspecified atom stereocenters. The number of nitrogen functional groups attached to an aromatic ring is 1. The lowest BCUT2D eigenvalue weighted by Crippen LogP contribution is -2.16. The van der Waals surface area contributed by atoms with Gasteiger partial charge in [-0.1, -0.05) is 0 Å². The van der Waals surface area contributed by atoms with Crippen LogP contribution in [0.4, 0.5) is 10.2 Å². The van der Waals surface area contributed by atoms with E-state index in [1.165, 1.54) is 17.0 Å². The maximum absolute atomic E-state index is 14.3. The molecule has 2 aromatic carbocycles. The molecule has 38 heavy (non-hydrogen) atoms. The number of anilines is 1. The molecular formula is C29H27FN4O3S. The van der Waals surface area contributed by atoms with Crippen LogP contribution in [0.3, 0.4) is 0 Å². The highest BCUT2D eigenvalue weighted by Gasteiger charge is 2.24. The number of fused-ring (bicyclic) bond motifs is 1. The van der Waals surface area contributed by atoms with E-state index in [1.54, 1.807) is 23.6 Å². The van der Waals surface area contributed by atoms with E-state index in [2.05, 4.69) is 4.98 Å². The fourth-order valence-electron chi connectivity index (χ4n) is 4.75. The third kappa shape index (κ3) is 5.07.